The van der Waals surface area contributed by atoms with Gasteiger partial charge in [-0.1, -0.05) is 29.0 Å². The van der Waals surface area contributed by atoms with Crippen LogP contribution >= 0.6 is 11.3 Å². The summed E-state index contributed by atoms with van der Waals surface area (Å²) in [6, 6.07) is 22.1. The fraction of sp³-hybridized carbons (Fsp3) is 0.167. The van der Waals surface area contributed by atoms with Crippen LogP contribution in [0, 0.1) is 14.1 Å². The second-order valence-electron chi connectivity index (χ2n) is 6.75. The number of fused-ring (bicyclic) bond motifs is 1. The van der Waals surface area contributed by atoms with Crippen LogP contribution in [0.1, 0.15) is 22.8 Å². The van der Waals surface area contributed by atoms with Gasteiger partial charge in [0.15, 0.2) is 19.1 Å². The van der Waals surface area contributed by atoms with Gasteiger partial charge in [0, 0.05) is 12.2 Å². The van der Waals surface area contributed by atoms with E-state index in [9.17, 15) is 4.79 Å². The summed E-state index contributed by atoms with van der Waals surface area (Å²) in [4.78, 5) is 17.2. The maximum absolute atomic E-state index is 12.7. The molecule has 1 aromatic heterocycles. The number of aryl methyl sites for hydroxylation is 1. The number of anilines is 1. The summed E-state index contributed by atoms with van der Waals surface area (Å²) in [5, 5.41) is 3.47. The molecule has 1 amide bonds. The van der Waals surface area contributed by atoms with Gasteiger partial charge >= 0.3 is 21.2 Å². The van der Waals surface area contributed by atoms with Crippen LogP contribution in [0.3, 0.4) is 0 Å². The van der Waals surface area contributed by atoms with E-state index in [-0.39, 0.29) is 33.9 Å². The Kier molecular flexibility index (Phi) is 7.16. The van der Waals surface area contributed by atoms with Crippen molar-refractivity contribution in [2.45, 2.75) is 13.8 Å². The normalized spacial score (nSPS) is 10.9. The fourth-order valence-electron chi connectivity index (χ4n) is 2.80. The Balaban J connectivity index is 1.40. The lowest BCUT2D eigenvalue weighted by Crippen LogP contribution is -3.61. The molecular weight excluding hydrogens is 523 g/mol. The molecule has 0 aliphatic heterocycles. The summed E-state index contributed by atoms with van der Waals surface area (Å²) in [6.45, 7) is 4.83. The zero-order valence-corrected chi connectivity index (χ0v) is 20.2. The van der Waals surface area contributed by atoms with E-state index < -0.39 is 0 Å². The average molecular weight is 545 g/mol. The Morgan fingerprint density at radius 2 is 1.74 bits per heavy atom. The van der Waals surface area contributed by atoms with Crippen molar-refractivity contribution in [1.29, 1.82) is 0 Å². The van der Waals surface area contributed by atoms with Crippen molar-refractivity contribution in [2.24, 2.45) is 0 Å². The van der Waals surface area contributed by atoms with Gasteiger partial charge in [0.2, 0.25) is 0 Å². The molecule has 5 nitrogen and oxygen atoms in total. The number of benzene rings is 3. The van der Waals surface area contributed by atoms with Crippen LogP contribution in [0.25, 0.3) is 10.2 Å². The number of halogens is 1. The molecule has 0 radical (unpaired) electrons. The van der Waals surface area contributed by atoms with E-state index in [0.29, 0.717) is 17.3 Å². The molecule has 7 heteroatoms. The number of nitrogens with one attached hydrogen (secondary N) is 1. The third-order valence-corrected chi connectivity index (χ3v) is 8.05. The van der Waals surface area contributed by atoms with Crippen molar-refractivity contribution < 1.29 is 35.5 Å². The molecule has 158 valence electrons. The Morgan fingerprint density at radius 3 is 2.45 bits per heavy atom. The van der Waals surface area contributed by atoms with Gasteiger partial charge in [0.1, 0.15) is 5.75 Å². The summed E-state index contributed by atoms with van der Waals surface area (Å²) in [5.41, 5.74) is 2.71. The summed E-state index contributed by atoms with van der Waals surface area (Å²) >= 11 is 1.17. The van der Waals surface area contributed by atoms with Crippen molar-refractivity contribution in [3.05, 3.63) is 85.0 Å². The van der Waals surface area contributed by atoms with Crippen molar-refractivity contribution in [3.63, 3.8) is 0 Å². The number of nitrogens with zero attached hydrogens (tertiary/aromatic N) is 1. The van der Waals surface area contributed by atoms with Crippen LogP contribution in [0.4, 0.5) is 5.13 Å². The van der Waals surface area contributed by atoms with Gasteiger partial charge in [-0.05, 0) is 68.4 Å². The first kappa shape index (κ1) is 21.7. The summed E-state index contributed by atoms with van der Waals surface area (Å²) in [7, 11) is 0. The van der Waals surface area contributed by atoms with E-state index >= 15 is 0 Å². The van der Waals surface area contributed by atoms with Gasteiger partial charge in [-0.3, -0.25) is 10.1 Å². The molecule has 0 unspecified atom stereocenters. The molecule has 0 aliphatic rings. The Bertz CT molecular complexity index is 1170. The third-order valence-electron chi connectivity index (χ3n) is 4.43. The van der Waals surface area contributed by atoms with Crippen LogP contribution in [-0.2, 0) is 4.74 Å². The number of carbonyl (C=O) groups excluding carboxylic acids is 1. The Morgan fingerprint density at radius 1 is 1.03 bits per heavy atom. The van der Waals surface area contributed by atoms with Crippen molar-refractivity contribution >= 4 is 32.6 Å². The minimum Gasteiger partial charge on any atom is -0.468 e. The predicted octanol–water partition coefficient (Wildman–Crippen LogP) is 2.36. The quantitative estimate of drug-likeness (QED) is 0.210. The van der Waals surface area contributed by atoms with Crippen LogP contribution in [0.15, 0.2) is 66.7 Å². The van der Waals surface area contributed by atoms with Gasteiger partial charge in [-0.25, -0.2) is 4.98 Å². The largest absolute Gasteiger partial charge is 0.468 e. The topological polar surface area (TPSA) is 60.5 Å². The molecule has 1 heterocycles. The minimum absolute atomic E-state index is 0.160. The number of hydrogen-bond acceptors (Lipinski definition) is 5. The molecule has 0 aliphatic carbocycles. The molecule has 0 bridgehead atoms. The van der Waals surface area contributed by atoms with Gasteiger partial charge in [0.05, 0.1) is 10.2 Å². The van der Waals surface area contributed by atoms with E-state index in [2.05, 4.69) is 41.5 Å². The molecule has 0 spiro atoms. The average Bonchev–Trinajstić information content (AvgIpc) is 3.17. The first-order chi connectivity index (χ1) is 15.1. The Hall–Kier alpha value is -2.49. The maximum Gasteiger partial charge on any atom is 0.357 e. The van der Waals surface area contributed by atoms with Crippen molar-refractivity contribution in [2.75, 3.05) is 18.7 Å². The Labute approximate surface area is 195 Å². The number of hydrogen-bond donors (Lipinski definition) is 1. The SMILES string of the molecule is CCOCOc1ccc2nc(NC(=O)c3ccc([I+]c4ccc(C)cc4)cc3)sc2c1. The lowest BCUT2D eigenvalue weighted by atomic mass is 10.2. The van der Waals surface area contributed by atoms with Gasteiger partial charge in [-0.2, -0.15) is 0 Å². The highest BCUT2D eigenvalue weighted by Crippen LogP contribution is 2.29. The summed E-state index contributed by atoms with van der Waals surface area (Å²) < 4.78 is 14.3. The molecule has 0 saturated heterocycles. The van der Waals surface area contributed by atoms with Gasteiger partial charge in [0.25, 0.3) is 5.91 Å². The van der Waals surface area contributed by atoms with E-state index in [0.717, 1.165) is 16.0 Å². The number of thiazole rings is 1. The summed E-state index contributed by atoms with van der Waals surface area (Å²) in [6.07, 6.45) is 0. The molecular formula is C24H22IN2O3S+. The predicted molar refractivity (Wildman–Crippen MR) is 120 cm³/mol. The van der Waals surface area contributed by atoms with E-state index in [4.69, 9.17) is 9.47 Å². The maximum atomic E-state index is 12.7. The smallest absolute Gasteiger partial charge is 0.357 e. The molecule has 1 N–H and O–H groups in total. The second kappa shape index (κ2) is 10.2. The van der Waals surface area contributed by atoms with Crippen LogP contribution in [0.5, 0.6) is 5.75 Å². The van der Waals surface area contributed by atoms with Crippen molar-refractivity contribution in [3.8, 4) is 5.75 Å². The molecule has 4 rings (SSSR count). The molecule has 31 heavy (non-hydrogen) atoms. The number of amides is 1. The summed E-state index contributed by atoms with van der Waals surface area (Å²) in [5.74, 6) is 0.557. The minimum atomic E-state index is -0.252. The zero-order chi connectivity index (χ0) is 21.6. The van der Waals surface area contributed by atoms with Crippen LogP contribution in [-0.4, -0.2) is 24.3 Å². The van der Waals surface area contributed by atoms with Crippen LogP contribution < -0.4 is 31.3 Å². The number of aromatic nitrogens is 1. The third kappa shape index (κ3) is 5.81. The highest BCUT2D eigenvalue weighted by Gasteiger charge is 2.17. The molecule has 3 aromatic carbocycles. The van der Waals surface area contributed by atoms with Gasteiger partial charge in [-0.15, -0.1) is 0 Å². The standard InChI is InChI=1S/C24H21IN2O3S/c1-3-29-15-30-20-12-13-21-22(14-20)31-24(26-21)27-23(28)17-6-10-19(11-7-17)25-18-8-4-16(2)5-9-18/h4-14H,3,15H2,1-2H3/p+1. The first-order valence-corrected chi connectivity index (χ1v) is 12.8. The molecule has 0 atom stereocenters. The molecule has 0 saturated carbocycles. The lowest BCUT2D eigenvalue weighted by molar-refractivity contribution is -0.597. The second-order valence-corrected chi connectivity index (χ2v) is 10.8. The van der Waals surface area contributed by atoms with Crippen molar-refractivity contribution in [1.82, 2.24) is 4.98 Å². The monoisotopic (exact) mass is 545 g/mol. The van der Waals surface area contributed by atoms with Gasteiger partial charge < -0.3 is 9.47 Å². The number of carbonyl (C=O) groups is 1. The van der Waals surface area contributed by atoms with E-state index in [1.54, 1.807) is 0 Å². The first-order valence-electron chi connectivity index (χ1n) is 9.85. The number of rotatable bonds is 8. The van der Waals surface area contributed by atoms with E-state index in [1.807, 2.05) is 49.4 Å². The molecule has 0 fully saturated rings. The molecule has 4 aromatic rings. The zero-order valence-electron chi connectivity index (χ0n) is 17.2. The highest BCUT2D eigenvalue weighted by atomic mass is 127. The lowest BCUT2D eigenvalue weighted by Gasteiger charge is -2.04. The fourth-order valence-corrected chi connectivity index (χ4v) is 5.84. The van der Waals surface area contributed by atoms with Crippen LogP contribution in [0.2, 0.25) is 0 Å². The van der Waals surface area contributed by atoms with E-state index in [1.165, 1.54) is 24.0 Å². The highest BCUT2D eigenvalue weighted by molar-refractivity contribution is 7.22. The number of ether oxygens (including phenoxy) is 2.